The summed E-state index contributed by atoms with van der Waals surface area (Å²) in [4.78, 5) is 38.3. The molecule has 0 rings (SSSR count). The van der Waals surface area contributed by atoms with Crippen molar-refractivity contribution in [2.24, 2.45) is 11.8 Å². The number of hydrogen-bond acceptors (Lipinski definition) is 6. The highest BCUT2D eigenvalue weighted by Crippen LogP contribution is 2.19. The predicted octanol–water partition coefficient (Wildman–Crippen LogP) is 21.6. The summed E-state index contributed by atoms with van der Waals surface area (Å²) in [5.41, 5.74) is 0. The molecule has 0 aromatic rings. The van der Waals surface area contributed by atoms with Crippen molar-refractivity contribution in [1.29, 1.82) is 0 Å². The monoisotopic (exact) mass is 1000 g/mol. The largest absolute Gasteiger partial charge is 0.462 e. The normalized spacial score (nSPS) is 12.4. The highest BCUT2D eigenvalue weighted by molar-refractivity contribution is 5.71. The molecule has 0 aromatic carbocycles. The Kier molecular flexibility index (Phi) is 56.4. The first kappa shape index (κ1) is 69.4. The van der Waals surface area contributed by atoms with Crippen LogP contribution in [0.4, 0.5) is 0 Å². The van der Waals surface area contributed by atoms with Crippen molar-refractivity contribution < 1.29 is 28.6 Å². The van der Waals surface area contributed by atoms with Gasteiger partial charge in [-0.05, 0) is 31.1 Å². The number of hydrogen-bond donors (Lipinski definition) is 0. The highest BCUT2D eigenvalue weighted by atomic mass is 16.6. The third kappa shape index (κ3) is 57.5. The summed E-state index contributed by atoms with van der Waals surface area (Å²) in [5.74, 6) is 0.912. The van der Waals surface area contributed by atoms with Gasteiger partial charge >= 0.3 is 17.9 Å². The SMILES string of the molecule is CCCCCCCCCCCCCCCCCCC(=O)OC[C@@H](COC(=O)CCCCCCCCCCCCCCC(C)C)OC(=O)CCCCCCCCCCCCCCCCCCCCC(C)CC. The van der Waals surface area contributed by atoms with Crippen molar-refractivity contribution >= 4 is 17.9 Å². The zero-order valence-corrected chi connectivity index (χ0v) is 48.9. The lowest BCUT2D eigenvalue weighted by atomic mass is 9.99. The van der Waals surface area contributed by atoms with Crippen LogP contribution in [-0.4, -0.2) is 37.2 Å². The molecule has 0 aromatic heterocycles. The van der Waals surface area contributed by atoms with Crippen LogP contribution in [0.2, 0.25) is 0 Å². The fourth-order valence-electron chi connectivity index (χ4n) is 10.1. The molecule has 0 spiro atoms. The van der Waals surface area contributed by atoms with Crippen LogP contribution >= 0.6 is 0 Å². The number of rotatable bonds is 59. The minimum absolute atomic E-state index is 0.0618. The zero-order valence-electron chi connectivity index (χ0n) is 48.9. The first-order chi connectivity index (χ1) is 34.8. The minimum atomic E-state index is -0.764. The lowest BCUT2D eigenvalue weighted by Gasteiger charge is -2.18. The van der Waals surface area contributed by atoms with Gasteiger partial charge in [0.1, 0.15) is 13.2 Å². The van der Waals surface area contributed by atoms with E-state index < -0.39 is 6.10 Å². The van der Waals surface area contributed by atoms with Gasteiger partial charge in [0, 0.05) is 19.3 Å². The second-order valence-electron chi connectivity index (χ2n) is 23.1. The maximum absolute atomic E-state index is 12.9. The Morgan fingerprint density at radius 1 is 0.296 bits per heavy atom. The topological polar surface area (TPSA) is 78.9 Å². The predicted molar refractivity (Wildman–Crippen MR) is 307 cm³/mol. The second-order valence-corrected chi connectivity index (χ2v) is 23.1. The Bertz CT molecular complexity index is 1090. The van der Waals surface area contributed by atoms with Crippen molar-refractivity contribution in [1.82, 2.24) is 0 Å². The number of ether oxygens (including phenoxy) is 3. The van der Waals surface area contributed by atoms with Crippen LogP contribution in [0.15, 0.2) is 0 Å². The number of unbranched alkanes of at least 4 members (excludes halogenated alkanes) is 43. The molecule has 1 unspecified atom stereocenters. The molecule has 0 aliphatic heterocycles. The van der Waals surface area contributed by atoms with Gasteiger partial charge in [0.25, 0.3) is 0 Å². The van der Waals surface area contributed by atoms with Crippen molar-refractivity contribution in [2.45, 2.75) is 375 Å². The number of esters is 3. The van der Waals surface area contributed by atoms with Crippen molar-refractivity contribution in [3.8, 4) is 0 Å². The van der Waals surface area contributed by atoms with Crippen LogP contribution in [0.25, 0.3) is 0 Å². The summed E-state index contributed by atoms with van der Waals surface area (Å²) in [7, 11) is 0. The van der Waals surface area contributed by atoms with Gasteiger partial charge in [0.2, 0.25) is 0 Å². The van der Waals surface area contributed by atoms with E-state index >= 15 is 0 Å². The fourth-order valence-corrected chi connectivity index (χ4v) is 10.1. The molecular weight excluding hydrogens is 877 g/mol. The van der Waals surface area contributed by atoms with Gasteiger partial charge in [0.05, 0.1) is 0 Å². The van der Waals surface area contributed by atoms with E-state index in [1.54, 1.807) is 0 Å². The molecule has 0 saturated heterocycles. The molecule has 71 heavy (non-hydrogen) atoms. The summed E-state index contributed by atoms with van der Waals surface area (Å²) in [5, 5.41) is 0. The molecule has 6 heteroatoms. The van der Waals surface area contributed by atoms with Crippen molar-refractivity contribution in [3.63, 3.8) is 0 Å². The Labute approximate surface area is 444 Å². The number of carbonyl (C=O) groups is 3. The molecule has 422 valence electrons. The van der Waals surface area contributed by atoms with Gasteiger partial charge in [-0.1, -0.05) is 330 Å². The Morgan fingerprint density at radius 2 is 0.535 bits per heavy atom. The quantitative estimate of drug-likeness (QED) is 0.0343. The molecule has 2 atom stereocenters. The molecule has 0 radical (unpaired) electrons. The molecule has 0 saturated carbocycles. The molecule has 0 bridgehead atoms. The third-order valence-corrected chi connectivity index (χ3v) is 15.3. The molecule has 6 nitrogen and oxygen atoms in total. The van der Waals surface area contributed by atoms with Crippen LogP contribution in [0.3, 0.4) is 0 Å². The van der Waals surface area contributed by atoms with Crippen LogP contribution in [0, 0.1) is 11.8 Å². The minimum Gasteiger partial charge on any atom is -0.462 e. The summed E-state index contributed by atoms with van der Waals surface area (Å²) < 4.78 is 17.0. The Hall–Kier alpha value is -1.59. The summed E-state index contributed by atoms with van der Waals surface area (Å²) in [6.07, 6.45) is 63.8. The van der Waals surface area contributed by atoms with E-state index in [-0.39, 0.29) is 31.1 Å². The average molecular weight is 1000 g/mol. The van der Waals surface area contributed by atoms with Gasteiger partial charge in [-0.2, -0.15) is 0 Å². The maximum atomic E-state index is 12.9. The third-order valence-electron chi connectivity index (χ3n) is 15.3. The lowest BCUT2D eigenvalue weighted by Crippen LogP contribution is -2.30. The van der Waals surface area contributed by atoms with E-state index in [1.807, 2.05) is 0 Å². The molecule has 0 fully saturated rings. The van der Waals surface area contributed by atoms with E-state index in [4.69, 9.17) is 14.2 Å². The maximum Gasteiger partial charge on any atom is 0.306 e. The zero-order chi connectivity index (χ0) is 51.8. The molecule has 0 aliphatic carbocycles. The highest BCUT2D eigenvalue weighted by Gasteiger charge is 2.19. The number of carbonyl (C=O) groups excluding carboxylic acids is 3. The van der Waals surface area contributed by atoms with Crippen LogP contribution in [0.1, 0.15) is 369 Å². The standard InChI is InChI=1S/C65H126O6/c1-6-8-9-10-11-12-13-14-15-21-24-30-35-40-45-50-55-63(66)69-58-62(59-70-64(67)56-51-46-41-36-31-27-26-28-33-38-43-48-53-60(3)4)71-65(68)57-52-47-42-37-32-25-22-19-17-16-18-20-23-29-34-39-44-49-54-61(5)7-2/h60-62H,6-59H2,1-5H3/t61?,62-/m0/s1. The first-order valence-electron chi connectivity index (χ1n) is 32.3. The molecular formula is C65H126O6. The van der Waals surface area contributed by atoms with Gasteiger partial charge < -0.3 is 14.2 Å². The van der Waals surface area contributed by atoms with Crippen LogP contribution in [-0.2, 0) is 28.6 Å². The summed E-state index contributed by atoms with van der Waals surface area (Å²) in [6.45, 7) is 11.5. The van der Waals surface area contributed by atoms with E-state index in [0.717, 1.165) is 69.6 Å². The Balaban J connectivity index is 4.27. The fraction of sp³-hybridized carbons (Fsp3) is 0.954. The van der Waals surface area contributed by atoms with Crippen molar-refractivity contribution in [2.75, 3.05) is 13.2 Å². The van der Waals surface area contributed by atoms with Gasteiger partial charge in [-0.15, -0.1) is 0 Å². The Morgan fingerprint density at radius 3 is 0.803 bits per heavy atom. The van der Waals surface area contributed by atoms with Crippen LogP contribution < -0.4 is 0 Å². The second kappa shape index (κ2) is 57.7. The van der Waals surface area contributed by atoms with E-state index in [0.29, 0.717) is 19.3 Å². The van der Waals surface area contributed by atoms with E-state index in [1.165, 1.54) is 257 Å². The average Bonchev–Trinajstić information content (AvgIpc) is 3.36. The van der Waals surface area contributed by atoms with E-state index in [9.17, 15) is 14.4 Å². The molecule has 0 heterocycles. The van der Waals surface area contributed by atoms with E-state index in [2.05, 4.69) is 34.6 Å². The smallest absolute Gasteiger partial charge is 0.306 e. The van der Waals surface area contributed by atoms with Gasteiger partial charge in [-0.3, -0.25) is 14.4 Å². The molecule has 0 amide bonds. The van der Waals surface area contributed by atoms with Gasteiger partial charge in [-0.25, -0.2) is 0 Å². The summed E-state index contributed by atoms with van der Waals surface area (Å²) >= 11 is 0. The van der Waals surface area contributed by atoms with Crippen LogP contribution in [0.5, 0.6) is 0 Å². The van der Waals surface area contributed by atoms with Gasteiger partial charge in [0.15, 0.2) is 6.10 Å². The lowest BCUT2D eigenvalue weighted by molar-refractivity contribution is -0.167. The summed E-state index contributed by atoms with van der Waals surface area (Å²) in [6, 6.07) is 0. The first-order valence-corrected chi connectivity index (χ1v) is 32.3. The van der Waals surface area contributed by atoms with Crippen molar-refractivity contribution in [3.05, 3.63) is 0 Å². The molecule has 0 aliphatic rings. The molecule has 0 N–H and O–H groups in total.